The molecule has 2 heterocycles. The van der Waals surface area contributed by atoms with Gasteiger partial charge < -0.3 is 9.47 Å². The van der Waals surface area contributed by atoms with Gasteiger partial charge in [0, 0.05) is 37.9 Å². The van der Waals surface area contributed by atoms with Crippen LogP contribution in [-0.2, 0) is 21.4 Å². The lowest BCUT2D eigenvalue weighted by Crippen LogP contribution is -2.46. The maximum Gasteiger partial charge on any atom is 0.240 e. The number of fused-ring (bicyclic) bond motifs is 1. The van der Waals surface area contributed by atoms with Crippen LogP contribution in [0, 0.1) is 6.92 Å². The molecule has 0 N–H and O–H groups in total. The lowest BCUT2D eigenvalue weighted by Gasteiger charge is -2.26. The summed E-state index contributed by atoms with van der Waals surface area (Å²) in [6.07, 6.45) is 2.51. The molecule has 6 nitrogen and oxygen atoms in total. The van der Waals surface area contributed by atoms with E-state index in [2.05, 4.69) is 29.7 Å². The molecule has 1 aliphatic rings. The molecule has 1 aromatic carbocycles. The molecule has 0 unspecified atom stereocenters. The highest BCUT2D eigenvalue weighted by molar-refractivity contribution is 7.88. The molecule has 3 rings (SSSR count). The van der Waals surface area contributed by atoms with Crippen molar-refractivity contribution in [3.63, 3.8) is 0 Å². The number of hydrogen-bond acceptors (Lipinski definition) is 3. The van der Waals surface area contributed by atoms with E-state index in [9.17, 15) is 13.2 Å². The summed E-state index contributed by atoms with van der Waals surface area (Å²) < 4.78 is 27.2. The number of likely N-dealkylation sites (N-methyl/N-ethyl adjacent to an activating group) is 1. The Morgan fingerprint density at radius 2 is 2.04 bits per heavy atom. The van der Waals surface area contributed by atoms with Gasteiger partial charge in [0.1, 0.15) is 6.04 Å². The molecule has 0 spiro atoms. The van der Waals surface area contributed by atoms with Gasteiger partial charge in [0.15, 0.2) is 0 Å². The molecule has 0 radical (unpaired) electrons. The molecule has 0 saturated carbocycles. The minimum atomic E-state index is -3.34. The zero-order valence-corrected chi connectivity index (χ0v) is 15.8. The van der Waals surface area contributed by atoms with Gasteiger partial charge >= 0.3 is 0 Å². The Hall–Kier alpha value is -1.86. The van der Waals surface area contributed by atoms with Crippen molar-refractivity contribution in [1.29, 1.82) is 0 Å². The maximum atomic E-state index is 12.7. The van der Waals surface area contributed by atoms with Crippen LogP contribution in [0.3, 0.4) is 0 Å². The first-order valence-electron chi connectivity index (χ1n) is 8.55. The topological polar surface area (TPSA) is 62.6 Å². The average molecular weight is 363 g/mol. The first-order chi connectivity index (χ1) is 11.8. The van der Waals surface area contributed by atoms with Crippen LogP contribution in [-0.4, -0.2) is 60.5 Å². The Morgan fingerprint density at radius 1 is 1.32 bits per heavy atom. The van der Waals surface area contributed by atoms with E-state index in [1.54, 1.807) is 11.9 Å². The largest absolute Gasteiger partial charge is 0.343 e. The number of benzene rings is 1. The lowest BCUT2D eigenvalue weighted by atomic mass is 10.2. The molecule has 1 aromatic heterocycles. The van der Waals surface area contributed by atoms with Crippen molar-refractivity contribution in [3.05, 3.63) is 36.0 Å². The summed E-state index contributed by atoms with van der Waals surface area (Å²) in [5.41, 5.74) is 2.31. The Balaban J connectivity index is 1.71. The molecule has 1 saturated heterocycles. The smallest absolute Gasteiger partial charge is 0.240 e. The Morgan fingerprint density at radius 3 is 2.76 bits per heavy atom. The van der Waals surface area contributed by atoms with Crippen molar-refractivity contribution in [3.8, 4) is 0 Å². The van der Waals surface area contributed by atoms with E-state index in [1.165, 1.54) is 15.9 Å². The van der Waals surface area contributed by atoms with E-state index in [1.807, 2.05) is 12.1 Å². The number of carbonyl (C=O) groups is 1. The van der Waals surface area contributed by atoms with Gasteiger partial charge in [0.2, 0.25) is 15.9 Å². The number of hydrogen-bond donors (Lipinski definition) is 0. The number of amides is 1. The number of aryl methyl sites for hydroxylation is 1. The Kier molecular flexibility index (Phi) is 4.88. The van der Waals surface area contributed by atoms with E-state index < -0.39 is 16.1 Å². The molecule has 1 amide bonds. The fourth-order valence-corrected chi connectivity index (χ4v) is 4.76. The number of sulfonamides is 1. The Bertz CT molecular complexity index is 888. The molecule has 7 heteroatoms. The Labute approximate surface area is 149 Å². The summed E-state index contributed by atoms with van der Waals surface area (Å²) in [7, 11) is -1.59. The third-order valence-electron chi connectivity index (χ3n) is 4.97. The summed E-state index contributed by atoms with van der Waals surface area (Å²) in [6, 6.07) is 9.77. The normalized spacial score (nSPS) is 18.8. The first-order valence-corrected chi connectivity index (χ1v) is 10.4. The molecule has 136 valence electrons. The second kappa shape index (κ2) is 6.80. The second-order valence-corrected chi connectivity index (χ2v) is 8.72. The predicted octanol–water partition coefficient (Wildman–Crippen LogP) is 1.83. The van der Waals surface area contributed by atoms with Crippen LogP contribution in [0.15, 0.2) is 30.3 Å². The van der Waals surface area contributed by atoms with Crippen LogP contribution in [0.25, 0.3) is 10.9 Å². The van der Waals surface area contributed by atoms with Crippen LogP contribution < -0.4 is 0 Å². The van der Waals surface area contributed by atoms with Gasteiger partial charge in [0.25, 0.3) is 0 Å². The number of carbonyl (C=O) groups excluding carboxylic acids is 1. The summed E-state index contributed by atoms with van der Waals surface area (Å²) in [5.74, 6) is -0.114. The van der Waals surface area contributed by atoms with Crippen molar-refractivity contribution >= 4 is 26.8 Å². The van der Waals surface area contributed by atoms with Gasteiger partial charge in [-0.3, -0.25) is 4.79 Å². The van der Waals surface area contributed by atoms with Crippen molar-refractivity contribution in [2.75, 3.05) is 26.4 Å². The van der Waals surface area contributed by atoms with Crippen molar-refractivity contribution in [2.24, 2.45) is 0 Å². The molecular weight excluding hydrogens is 338 g/mol. The summed E-state index contributed by atoms with van der Waals surface area (Å²) in [6.45, 7) is 3.73. The fourth-order valence-electron chi connectivity index (χ4n) is 3.64. The van der Waals surface area contributed by atoms with Gasteiger partial charge in [0.05, 0.1) is 6.26 Å². The first kappa shape index (κ1) is 17.9. The van der Waals surface area contributed by atoms with Gasteiger partial charge in [-0.2, -0.15) is 4.31 Å². The summed E-state index contributed by atoms with van der Waals surface area (Å²) >= 11 is 0. The van der Waals surface area contributed by atoms with E-state index in [0.717, 1.165) is 17.6 Å². The molecule has 1 aliphatic heterocycles. The van der Waals surface area contributed by atoms with Crippen molar-refractivity contribution in [2.45, 2.75) is 32.4 Å². The quantitative estimate of drug-likeness (QED) is 0.814. The highest BCUT2D eigenvalue weighted by Gasteiger charge is 2.37. The highest BCUT2D eigenvalue weighted by atomic mass is 32.2. The highest BCUT2D eigenvalue weighted by Crippen LogP contribution is 2.22. The average Bonchev–Trinajstić information content (AvgIpc) is 3.15. The van der Waals surface area contributed by atoms with E-state index in [4.69, 9.17) is 0 Å². The zero-order valence-electron chi connectivity index (χ0n) is 15.0. The third kappa shape index (κ3) is 3.57. The number of para-hydroxylation sites is 1. The van der Waals surface area contributed by atoms with Crippen LogP contribution in [0.4, 0.5) is 0 Å². The number of nitrogens with zero attached hydrogens (tertiary/aromatic N) is 3. The molecule has 25 heavy (non-hydrogen) atoms. The molecular formula is C18H25N3O3S. The van der Waals surface area contributed by atoms with Crippen LogP contribution in [0.1, 0.15) is 18.5 Å². The summed E-state index contributed by atoms with van der Waals surface area (Å²) in [4.78, 5) is 14.4. The minimum absolute atomic E-state index is 0.114. The molecule has 1 fully saturated rings. The van der Waals surface area contributed by atoms with Crippen molar-refractivity contribution < 1.29 is 13.2 Å². The van der Waals surface area contributed by atoms with Crippen molar-refractivity contribution in [1.82, 2.24) is 13.8 Å². The second-order valence-electron chi connectivity index (χ2n) is 6.79. The van der Waals surface area contributed by atoms with Gasteiger partial charge in [-0.25, -0.2) is 8.42 Å². The summed E-state index contributed by atoms with van der Waals surface area (Å²) in [5, 5.41) is 1.19. The SMILES string of the molecule is Cc1cc2ccccc2n1CCN(C)C(=O)[C@@H]1CCCN1S(C)(=O)=O. The van der Waals surface area contributed by atoms with Gasteiger partial charge in [-0.05, 0) is 37.3 Å². The molecule has 2 aromatic rings. The molecule has 1 atom stereocenters. The predicted molar refractivity (Wildman–Crippen MR) is 98.9 cm³/mol. The zero-order chi connectivity index (χ0) is 18.2. The molecule has 0 aliphatic carbocycles. The standard InChI is InChI=1S/C18H25N3O3S/c1-14-13-15-7-4-5-8-16(15)20(14)12-11-19(2)18(22)17-9-6-10-21(17)25(3,23)24/h4-5,7-8,13,17H,6,9-12H2,1-3H3/t17-/m0/s1. The monoisotopic (exact) mass is 363 g/mol. The van der Waals surface area contributed by atoms with E-state index >= 15 is 0 Å². The minimum Gasteiger partial charge on any atom is -0.343 e. The lowest BCUT2D eigenvalue weighted by molar-refractivity contribution is -0.133. The number of aromatic nitrogens is 1. The van der Waals surface area contributed by atoms with Crippen LogP contribution in [0.5, 0.6) is 0 Å². The van der Waals surface area contributed by atoms with Crippen LogP contribution in [0.2, 0.25) is 0 Å². The van der Waals surface area contributed by atoms with Crippen LogP contribution >= 0.6 is 0 Å². The van der Waals surface area contributed by atoms with Gasteiger partial charge in [-0.1, -0.05) is 18.2 Å². The van der Waals surface area contributed by atoms with E-state index in [-0.39, 0.29) is 5.91 Å². The maximum absolute atomic E-state index is 12.7. The van der Waals surface area contributed by atoms with E-state index in [0.29, 0.717) is 26.1 Å². The third-order valence-corrected chi connectivity index (χ3v) is 6.26. The van der Waals surface area contributed by atoms with Gasteiger partial charge in [-0.15, -0.1) is 0 Å². The number of rotatable bonds is 5. The fraction of sp³-hybridized carbons (Fsp3) is 0.500. The molecule has 0 bridgehead atoms.